The van der Waals surface area contributed by atoms with Gasteiger partial charge in [0, 0.05) is 10.0 Å². The Morgan fingerprint density at radius 1 is 0.500 bits per heavy atom. The van der Waals surface area contributed by atoms with Crippen LogP contribution in [0.3, 0.4) is 0 Å². The molecule has 0 radical (unpaired) electrons. The first kappa shape index (κ1) is 33.1. The molecule has 0 aliphatic rings. The fourth-order valence-electron chi connectivity index (χ4n) is 4.37. The third-order valence-corrected chi connectivity index (χ3v) is 6.90. The average molecular weight is 663 g/mol. The zero-order valence-electron chi connectivity index (χ0n) is 22.1. The molecule has 0 amide bonds. The molecule has 4 unspecified atom stereocenters. The van der Waals surface area contributed by atoms with Crippen LogP contribution in [0.2, 0.25) is 10.0 Å². The third kappa shape index (κ3) is 8.21. The van der Waals surface area contributed by atoms with Crippen molar-refractivity contribution in [2.45, 2.75) is 36.9 Å². The monoisotopic (exact) mass is 662 g/mol. The molecule has 0 saturated carbocycles. The van der Waals surface area contributed by atoms with Gasteiger partial charge >= 0.3 is 25.1 Å². The van der Waals surface area contributed by atoms with Crippen LogP contribution in [0.5, 0.6) is 11.5 Å². The second kappa shape index (κ2) is 13.4. The van der Waals surface area contributed by atoms with Crippen molar-refractivity contribution in [1.82, 2.24) is 0 Å². The van der Waals surface area contributed by atoms with Gasteiger partial charge in [-0.1, -0.05) is 71.7 Å². The predicted octanol–water partition coefficient (Wildman–Crippen LogP) is 10.00. The highest BCUT2D eigenvalue weighted by Crippen LogP contribution is 2.38. The number of rotatable bonds is 10. The van der Waals surface area contributed by atoms with Crippen molar-refractivity contribution in [2.75, 3.05) is 0 Å². The number of Topliss-reactive ketones (excluding diaryl/α,β-unsaturated/α-hetero) is 1. The van der Waals surface area contributed by atoms with Gasteiger partial charge in [-0.2, -0.15) is 35.1 Å². The molecule has 3 nitrogen and oxygen atoms in total. The van der Waals surface area contributed by atoms with E-state index >= 15 is 0 Å². The Kier molecular flexibility index (Phi) is 10.1. The van der Waals surface area contributed by atoms with Gasteiger partial charge in [-0.3, -0.25) is 4.79 Å². The van der Waals surface area contributed by atoms with Crippen molar-refractivity contribution in [3.8, 4) is 11.5 Å². The smallest absolute Gasteiger partial charge is 0.452 e. The quantitative estimate of drug-likeness (QED) is 0.159. The highest BCUT2D eigenvalue weighted by Gasteiger charge is 2.43. The van der Waals surface area contributed by atoms with Crippen LogP contribution >= 0.6 is 23.2 Å². The van der Waals surface area contributed by atoms with Gasteiger partial charge in [0.05, 0.1) is 11.8 Å². The maximum absolute atomic E-state index is 14.5. The number of ketones is 1. The van der Waals surface area contributed by atoms with E-state index in [-0.39, 0.29) is 0 Å². The largest absolute Gasteiger partial charge is 0.457 e. The fourth-order valence-corrected chi connectivity index (χ4v) is 4.62. The number of ether oxygens (including phenoxy) is 2. The van der Waals surface area contributed by atoms with Crippen molar-refractivity contribution in [1.29, 1.82) is 0 Å². The summed E-state index contributed by atoms with van der Waals surface area (Å²) in [7, 11) is 0. The number of hydrogen-bond acceptors (Lipinski definition) is 3. The lowest BCUT2D eigenvalue weighted by molar-refractivity contribution is -0.236. The summed E-state index contributed by atoms with van der Waals surface area (Å²) in [5.74, 6) is -3.47. The molecule has 232 valence electrons. The Morgan fingerprint density at radius 2 is 0.750 bits per heavy atom. The van der Waals surface area contributed by atoms with Gasteiger partial charge in [0.1, 0.15) is 11.5 Å². The Morgan fingerprint density at radius 3 is 1.00 bits per heavy atom. The van der Waals surface area contributed by atoms with E-state index in [9.17, 15) is 39.9 Å². The lowest BCUT2D eigenvalue weighted by Gasteiger charge is -2.25. The lowest BCUT2D eigenvalue weighted by Crippen LogP contribution is -2.29. The van der Waals surface area contributed by atoms with Gasteiger partial charge in [-0.25, -0.2) is 0 Å². The van der Waals surface area contributed by atoms with Crippen molar-refractivity contribution in [3.63, 3.8) is 0 Å². The summed E-state index contributed by atoms with van der Waals surface area (Å²) in [6.45, 7) is 0. The molecule has 44 heavy (non-hydrogen) atoms. The van der Waals surface area contributed by atoms with Crippen molar-refractivity contribution in [2.24, 2.45) is 0 Å². The second-order valence-corrected chi connectivity index (χ2v) is 10.3. The predicted molar refractivity (Wildman–Crippen MR) is 148 cm³/mol. The van der Waals surface area contributed by atoms with Gasteiger partial charge in [-0.15, -0.1) is 0 Å². The Bertz CT molecular complexity index is 1420. The number of carbonyl (C=O) groups excluding carboxylic acids is 1. The first-order valence-electron chi connectivity index (χ1n) is 12.6. The van der Waals surface area contributed by atoms with Crippen LogP contribution in [0.25, 0.3) is 0 Å². The Balaban J connectivity index is 1.76. The first-order chi connectivity index (χ1) is 20.6. The van der Waals surface area contributed by atoms with E-state index in [0.717, 1.165) is 24.3 Å². The fraction of sp³-hybridized carbons (Fsp3) is 0.194. The molecule has 4 aromatic carbocycles. The van der Waals surface area contributed by atoms with Crippen LogP contribution in [0, 0.1) is 0 Å². The summed E-state index contributed by atoms with van der Waals surface area (Å²) in [6, 6.07) is 22.0. The SMILES string of the molecule is O=C(C(c1ccc(Cl)cc1)c1ccc(OC(F)C(F)(F)F)cc1)C(c1ccc(Cl)cc1)c1ccc(OC(F)C(F)(F)F)cc1. The van der Waals surface area contributed by atoms with Crippen LogP contribution in [0.15, 0.2) is 97.1 Å². The van der Waals surface area contributed by atoms with Crippen molar-refractivity contribution >= 4 is 29.0 Å². The van der Waals surface area contributed by atoms with Gasteiger partial charge < -0.3 is 9.47 Å². The van der Waals surface area contributed by atoms with E-state index in [1.54, 1.807) is 24.3 Å². The molecule has 13 heteroatoms. The molecule has 0 bridgehead atoms. The van der Waals surface area contributed by atoms with Crippen LogP contribution < -0.4 is 9.47 Å². The molecular weight excluding hydrogens is 643 g/mol. The normalized spacial score (nSPS) is 14.8. The van der Waals surface area contributed by atoms with Gasteiger partial charge in [0.25, 0.3) is 0 Å². The van der Waals surface area contributed by atoms with Crippen LogP contribution in [0.4, 0.5) is 35.1 Å². The molecule has 4 rings (SSSR count). The van der Waals surface area contributed by atoms with Gasteiger partial charge in [-0.05, 0) is 70.8 Å². The first-order valence-corrected chi connectivity index (χ1v) is 13.4. The minimum atomic E-state index is -5.25. The van der Waals surface area contributed by atoms with E-state index < -0.39 is 54.2 Å². The Hall–Kier alpha value is -3.83. The summed E-state index contributed by atoms with van der Waals surface area (Å²) in [4.78, 5) is 14.5. The standard InChI is InChI=1S/C31H20Cl2F8O3/c32-21-9-1-17(2-10-21)25(19-5-13-23(14-6-19)43-28(34)30(36,37)38)27(42)26(18-3-11-22(33)12-4-18)20-7-15-24(16-8-20)44-29(35)31(39,40)41/h1-16,25-26,28-29H. The topological polar surface area (TPSA) is 35.5 Å². The zero-order valence-corrected chi connectivity index (χ0v) is 23.6. The number of hydrogen-bond donors (Lipinski definition) is 0. The van der Waals surface area contributed by atoms with E-state index in [0.29, 0.717) is 32.3 Å². The zero-order chi connectivity index (χ0) is 32.2. The highest BCUT2D eigenvalue weighted by atomic mass is 35.5. The molecule has 0 aromatic heterocycles. The minimum Gasteiger partial charge on any atom is -0.452 e. The number of alkyl halides is 8. The molecule has 0 aliphatic carbocycles. The molecule has 4 atom stereocenters. The van der Waals surface area contributed by atoms with E-state index in [4.69, 9.17) is 23.2 Å². The molecule has 0 N–H and O–H groups in total. The van der Waals surface area contributed by atoms with Crippen LogP contribution in [-0.4, -0.2) is 30.9 Å². The van der Waals surface area contributed by atoms with Crippen LogP contribution in [0.1, 0.15) is 34.1 Å². The molecule has 0 heterocycles. The molecule has 0 fully saturated rings. The summed E-state index contributed by atoms with van der Waals surface area (Å²) < 4.78 is 111. The maximum Gasteiger partial charge on any atom is 0.457 e. The van der Waals surface area contributed by atoms with Crippen LogP contribution in [-0.2, 0) is 4.79 Å². The number of benzene rings is 4. The molecule has 0 aliphatic heterocycles. The summed E-state index contributed by atoms with van der Waals surface area (Å²) >= 11 is 12.1. The Labute approximate surface area is 255 Å². The molecular formula is C31H20Cl2F8O3. The minimum absolute atomic E-state index is 0.302. The second-order valence-electron chi connectivity index (χ2n) is 9.46. The lowest BCUT2D eigenvalue weighted by atomic mass is 9.77. The average Bonchev–Trinajstić information content (AvgIpc) is 2.96. The number of carbonyl (C=O) groups is 1. The summed E-state index contributed by atoms with van der Waals surface area (Å²) in [5, 5.41) is 0.722. The molecule has 0 saturated heterocycles. The highest BCUT2D eigenvalue weighted by molar-refractivity contribution is 6.30. The van der Waals surface area contributed by atoms with Gasteiger partial charge in [0.15, 0.2) is 5.78 Å². The third-order valence-electron chi connectivity index (χ3n) is 6.40. The van der Waals surface area contributed by atoms with E-state index in [2.05, 4.69) is 9.47 Å². The van der Waals surface area contributed by atoms with Gasteiger partial charge in [0.2, 0.25) is 0 Å². The van der Waals surface area contributed by atoms with E-state index in [1.807, 2.05) is 0 Å². The molecule has 4 aromatic rings. The van der Waals surface area contributed by atoms with Crippen molar-refractivity contribution < 1.29 is 49.4 Å². The van der Waals surface area contributed by atoms with Crippen molar-refractivity contribution in [3.05, 3.63) is 129 Å². The maximum atomic E-state index is 14.5. The summed E-state index contributed by atoms with van der Waals surface area (Å²) in [5.41, 5.74) is 1.49. The summed E-state index contributed by atoms with van der Waals surface area (Å²) in [6.07, 6.45) is -17.6. The number of halogens is 10. The van der Waals surface area contributed by atoms with E-state index in [1.165, 1.54) is 48.5 Å². The molecule has 0 spiro atoms.